The summed E-state index contributed by atoms with van der Waals surface area (Å²) in [4.78, 5) is 0. The smallest absolute Gasteiger partial charge is 0.116 e. The highest BCUT2D eigenvalue weighted by molar-refractivity contribution is 6.18. The number of aromatic hydroxyl groups is 1. The Morgan fingerprint density at radius 1 is 0.700 bits per heavy atom. The third kappa shape index (κ3) is 1.50. The van der Waals surface area contributed by atoms with Crippen molar-refractivity contribution in [3.63, 3.8) is 0 Å². The van der Waals surface area contributed by atoms with Crippen LogP contribution in [0.5, 0.6) is 5.75 Å². The molecule has 0 aliphatic rings. The van der Waals surface area contributed by atoms with Gasteiger partial charge in [0.05, 0.1) is 0 Å². The van der Waals surface area contributed by atoms with Crippen molar-refractivity contribution in [1.82, 2.24) is 0 Å². The Labute approximate surface area is 117 Å². The number of fused-ring (bicyclic) bond motifs is 5. The molecule has 0 saturated carbocycles. The molecule has 4 aromatic carbocycles. The van der Waals surface area contributed by atoms with E-state index in [-0.39, 0.29) is 0 Å². The van der Waals surface area contributed by atoms with E-state index in [4.69, 9.17) is 0 Å². The minimum absolute atomic E-state index is 0.315. The van der Waals surface area contributed by atoms with E-state index in [1.54, 1.807) is 6.07 Å². The van der Waals surface area contributed by atoms with Gasteiger partial charge in [-0.25, -0.2) is 0 Å². The van der Waals surface area contributed by atoms with E-state index in [9.17, 15) is 5.11 Å². The molecule has 1 heteroatoms. The number of hydrogen-bond acceptors (Lipinski definition) is 1. The lowest BCUT2D eigenvalue weighted by molar-refractivity contribution is 0.476. The minimum atomic E-state index is 0.315. The van der Waals surface area contributed by atoms with E-state index in [1.807, 2.05) is 12.1 Å². The van der Waals surface area contributed by atoms with Gasteiger partial charge in [-0.05, 0) is 56.9 Å². The lowest BCUT2D eigenvalue weighted by Gasteiger charge is -2.11. The topological polar surface area (TPSA) is 20.2 Å². The van der Waals surface area contributed by atoms with Crippen molar-refractivity contribution in [2.75, 3.05) is 0 Å². The highest BCUT2D eigenvalue weighted by Gasteiger charge is 2.07. The number of rotatable bonds is 0. The van der Waals surface area contributed by atoms with E-state index in [2.05, 4.69) is 49.4 Å². The van der Waals surface area contributed by atoms with Crippen LogP contribution in [0.1, 0.15) is 5.56 Å². The van der Waals surface area contributed by atoms with Crippen LogP contribution in [0.2, 0.25) is 0 Å². The van der Waals surface area contributed by atoms with E-state index in [0.717, 1.165) is 5.39 Å². The summed E-state index contributed by atoms with van der Waals surface area (Å²) in [5, 5.41) is 17.0. The Morgan fingerprint density at radius 3 is 2.35 bits per heavy atom. The van der Waals surface area contributed by atoms with Gasteiger partial charge in [-0.3, -0.25) is 0 Å². The van der Waals surface area contributed by atoms with Crippen LogP contribution in [0.4, 0.5) is 0 Å². The summed E-state index contributed by atoms with van der Waals surface area (Å²) in [7, 11) is 0. The summed E-state index contributed by atoms with van der Waals surface area (Å²) < 4.78 is 0. The Morgan fingerprint density at radius 2 is 1.45 bits per heavy atom. The molecule has 4 aromatic rings. The van der Waals surface area contributed by atoms with Crippen LogP contribution in [-0.2, 0) is 0 Å². The predicted octanol–water partition coefficient (Wildman–Crippen LogP) is 5.16. The molecule has 0 fully saturated rings. The molecule has 0 spiro atoms. The molecule has 1 N–H and O–H groups in total. The summed E-state index contributed by atoms with van der Waals surface area (Å²) in [5.41, 5.74) is 1.27. The maximum absolute atomic E-state index is 9.64. The molecular weight excluding hydrogens is 244 g/mol. The van der Waals surface area contributed by atoms with Crippen molar-refractivity contribution < 1.29 is 5.11 Å². The normalized spacial score (nSPS) is 11.4. The molecule has 20 heavy (non-hydrogen) atoms. The number of aryl methyl sites for hydroxylation is 1. The van der Waals surface area contributed by atoms with E-state index in [0.29, 0.717) is 5.75 Å². The molecule has 0 saturated heterocycles. The first-order chi connectivity index (χ1) is 9.74. The summed E-state index contributed by atoms with van der Waals surface area (Å²) in [6.07, 6.45) is 0. The number of phenolic OH excluding ortho intramolecular Hbond substituents is 1. The van der Waals surface area contributed by atoms with Crippen molar-refractivity contribution in [2.24, 2.45) is 0 Å². The zero-order valence-corrected chi connectivity index (χ0v) is 11.2. The van der Waals surface area contributed by atoms with Gasteiger partial charge in [-0.15, -0.1) is 0 Å². The molecule has 0 heterocycles. The fourth-order valence-corrected chi connectivity index (χ4v) is 3.14. The standard InChI is InChI=1S/C19H14O/c1-12-10-13-4-2-3-5-16(13)18-8-6-14-11-15(20)7-9-17(14)19(12)18/h2-11,20H,1H3. The third-order valence-electron chi connectivity index (χ3n) is 4.02. The first-order valence-electron chi connectivity index (χ1n) is 6.78. The molecule has 1 nitrogen and oxygen atoms in total. The fraction of sp³-hybridized carbons (Fsp3) is 0.0526. The van der Waals surface area contributed by atoms with Gasteiger partial charge in [0, 0.05) is 0 Å². The number of benzene rings is 4. The fourth-order valence-electron chi connectivity index (χ4n) is 3.14. The molecule has 0 aliphatic heterocycles. The van der Waals surface area contributed by atoms with Crippen molar-refractivity contribution in [2.45, 2.75) is 6.92 Å². The van der Waals surface area contributed by atoms with Gasteiger partial charge in [0.2, 0.25) is 0 Å². The predicted molar refractivity (Wildman–Crippen MR) is 85.4 cm³/mol. The quantitative estimate of drug-likeness (QED) is 0.432. The maximum Gasteiger partial charge on any atom is 0.116 e. The Kier molecular flexibility index (Phi) is 2.25. The number of phenols is 1. The van der Waals surface area contributed by atoms with Crippen molar-refractivity contribution >= 4 is 32.3 Å². The average Bonchev–Trinajstić information content (AvgIpc) is 2.46. The van der Waals surface area contributed by atoms with Crippen LogP contribution in [0.25, 0.3) is 32.3 Å². The van der Waals surface area contributed by atoms with E-state index < -0.39 is 0 Å². The summed E-state index contributed by atoms with van der Waals surface area (Å²) in [6.45, 7) is 2.15. The molecule has 4 rings (SSSR count). The largest absolute Gasteiger partial charge is 0.508 e. The second kappa shape index (κ2) is 3.97. The van der Waals surface area contributed by atoms with E-state index >= 15 is 0 Å². The van der Waals surface area contributed by atoms with Gasteiger partial charge >= 0.3 is 0 Å². The monoisotopic (exact) mass is 258 g/mol. The first kappa shape index (κ1) is 11.3. The van der Waals surface area contributed by atoms with Gasteiger partial charge in [0.25, 0.3) is 0 Å². The molecule has 0 atom stereocenters. The Bertz CT molecular complexity index is 967. The maximum atomic E-state index is 9.64. The molecule has 96 valence electrons. The van der Waals surface area contributed by atoms with E-state index in [1.165, 1.54) is 32.5 Å². The SMILES string of the molecule is Cc1cc2ccccc2c2ccc3cc(O)ccc3c12. The molecule has 0 aliphatic carbocycles. The summed E-state index contributed by atoms with van der Waals surface area (Å²) in [6, 6.07) is 20.6. The average molecular weight is 258 g/mol. The van der Waals surface area contributed by atoms with Crippen LogP contribution in [0, 0.1) is 6.92 Å². The minimum Gasteiger partial charge on any atom is -0.508 e. The zero-order valence-electron chi connectivity index (χ0n) is 11.2. The summed E-state index contributed by atoms with van der Waals surface area (Å²) in [5.74, 6) is 0.315. The Balaban J connectivity index is 2.31. The lowest BCUT2D eigenvalue weighted by Crippen LogP contribution is -1.84. The van der Waals surface area contributed by atoms with Gasteiger partial charge in [0.1, 0.15) is 5.75 Å². The lowest BCUT2D eigenvalue weighted by atomic mass is 9.93. The zero-order chi connectivity index (χ0) is 13.7. The van der Waals surface area contributed by atoms with Crippen LogP contribution in [-0.4, -0.2) is 5.11 Å². The second-order valence-corrected chi connectivity index (χ2v) is 5.31. The van der Waals surface area contributed by atoms with Gasteiger partial charge in [-0.2, -0.15) is 0 Å². The van der Waals surface area contributed by atoms with Gasteiger partial charge < -0.3 is 5.11 Å². The molecule has 0 radical (unpaired) electrons. The van der Waals surface area contributed by atoms with Gasteiger partial charge in [0.15, 0.2) is 0 Å². The Hall–Kier alpha value is -2.54. The van der Waals surface area contributed by atoms with Crippen molar-refractivity contribution in [3.05, 3.63) is 66.2 Å². The molecule has 0 bridgehead atoms. The molecule has 0 unspecified atom stereocenters. The second-order valence-electron chi connectivity index (χ2n) is 5.31. The first-order valence-corrected chi connectivity index (χ1v) is 6.78. The van der Waals surface area contributed by atoms with Crippen LogP contribution >= 0.6 is 0 Å². The van der Waals surface area contributed by atoms with Gasteiger partial charge in [-0.1, -0.05) is 48.5 Å². The number of hydrogen-bond donors (Lipinski definition) is 1. The van der Waals surface area contributed by atoms with Crippen LogP contribution in [0.15, 0.2) is 60.7 Å². The van der Waals surface area contributed by atoms with Crippen LogP contribution in [0.3, 0.4) is 0 Å². The highest BCUT2D eigenvalue weighted by atomic mass is 16.3. The molecule has 0 aromatic heterocycles. The van der Waals surface area contributed by atoms with Crippen molar-refractivity contribution in [3.8, 4) is 5.75 Å². The van der Waals surface area contributed by atoms with Crippen molar-refractivity contribution in [1.29, 1.82) is 0 Å². The summed E-state index contributed by atoms with van der Waals surface area (Å²) >= 11 is 0. The molecular formula is C19H14O. The highest BCUT2D eigenvalue weighted by Crippen LogP contribution is 2.34. The van der Waals surface area contributed by atoms with Crippen LogP contribution < -0.4 is 0 Å². The third-order valence-corrected chi connectivity index (χ3v) is 4.02. The molecule has 0 amide bonds.